The number of oxazole rings is 3. The van der Waals surface area contributed by atoms with Gasteiger partial charge in [-0.2, -0.15) is 0 Å². The molecule has 0 atom stereocenters. The number of nitrogens with zero attached hydrogens (tertiary/aromatic N) is 2. The average Bonchev–Trinajstić information content (AvgIpc) is 1.72. The highest BCUT2D eigenvalue weighted by Crippen LogP contribution is 2.35. The lowest BCUT2D eigenvalue weighted by atomic mass is 10.1. The molecule has 5 heterocycles. The number of methoxy groups -OCH3 is 1. The van der Waals surface area contributed by atoms with Gasteiger partial charge in [-0.25, -0.2) is 38.7 Å². The molecule has 0 amide bonds. The highest BCUT2D eigenvalue weighted by molar-refractivity contribution is 9.11. The molecular weight excluding hydrogens is 1420 g/mol. The molecule has 0 bridgehead atoms. The van der Waals surface area contributed by atoms with Crippen LogP contribution in [0.3, 0.4) is 0 Å². The number of aromatic amines is 3. The summed E-state index contributed by atoms with van der Waals surface area (Å²) >= 11 is 14.3. The van der Waals surface area contributed by atoms with Gasteiger partial charge in [0, 0.05) is 22.1 Å². The second kappa shape index (κ2) is 34.3. The number of carbonyl (C=O) groups is 4. The summed E-state index contributed by atoms with van der Waals surface area (Å²) in [5, 5.41) is 3.78. The first kappa shape index (κ1) is 71.0. The summed E-state index contributed by atoms with van der Waals surface area (Å²) in [5.74, 6) is 1.01. The van der Waals surface area contributed by atoms with Gasteiger partial charge in [0.05, 0.1) is 57.4 Å². The van der Waals surface area contributed by atoms with Crippen LogP contribution in [0.25, 0.3) is 55.8 Å². The number of H-pyrrole nitrogens is 3. The van der Waals surface area contributed by atoms with Crippen LogP contribution in [0.15, 0.2) is 146 Å². The number of ketones is 1. The number of alkyl halides is 1. The summed E-state index contributed by atoms with van der Waals surface area (Å²) in [7, 11) is 1.31. The molecule has 5 aromatic heterocycles. The van der Waals surface area contributed by atoms with Crippen LogP contribution in [-0.4, -0.2) is 106 Å². The molecule has 0 aliphatic heterocycles. The largest absolute Gasteiger partial charge is 0.486 e. The fraction of sp³-hybridized carbons (Fsp3) is 0.231. The Labute approximate surface area is 570 Å². The number of fused-ring (bicyclic) bond motifs is 3. The minimum Gasteiger partial charge on any atom is -0.486 e. The quantitative estimate of drug-likeness (QED) is 0.0143. The van der Waals surface area contributed by atoms with Gasteiger partial charge in [-0.05, 0) is 164 Å². The smallest absolute Gasteiger partial charge is 0.417 e. The third-order valence-electron chi connectivity index (χ3n) is 12.9. The first-order chi connectivity index (χ1) is 45.7. The lowest BCUT2D eigenvalue weighted by Gasteiger charge is -2.10. The number of benzene rings is 6. The molecule has 0 radical (unpaired) electrons. The van der Waals surface area contributed by atoms with Crippen LogP contribution in [0.5, 0.6) is 34.5 Å². The number of rotatable bonds is 24. The van der Waals surface area contributed by atoms with Crippen molar-refractivity contribution in [3.8, 4) is 57.0 Å². The normalized spacial score (nSPS) is 10.7. The molecule has 0 spiro atoms. The maximum absolute atomic E-state index is 11.4. The molecule has 11 aromatic rings. The highest BCUT2D eigenvalue weighted by Gasteiger charge is 2.17. The summed E-state index contributed by atoms with van der Waals surface area (Å²) < 4.78 is 63.5. The molecule has 0 fully saturated rings. The van der Waals surface area contributed by atoms with Gasteiger partial charge in [0.25, 0.3) is 0 Å². The van der Waals surface area contributed by atoms with E-state index in [1.54, 1.807) is 98.8 Å². The number of aryl methyl sites for hydroxylation is 3. The van der Waals surface area contributed by atoms with E-state index < -0.39 is 35.2 Å². The van der Waals surface area contributed by atoms with Crippen molar-refractivity contribution in [1.29, 1.82) is 0 Å². The standard InChI is InChI=1S/C22H19BrN2O6S.C22H20N2O6S.C12H15NO4S.C9H6BrNO3/c1-3-28-19(26)11-30-16-7-5-14(8-12(16)2)29-10-18-25-20(21(23)32-18)13-4-6-15-17(9-13)31-22(27)24-15;1-3-27-21(25)11-29-18-7-5-15(8-13(18)2)28-10-20-23-17(12-31-20)14-4-6-16-19(9-14)30-22(26)24-16;1-8-5-9(16-6-11(13)18)3-4-10(8)17-7-12(14)15-2;10-4-7(12)5-1-2-6-8(3-5)14-9(13)11-6/h4-9H,3,10-11H2,1-2H3,(H,24,27);4-9,12H,3,10-11H2,1-2H3,(H,24,26);3-5H,6-7H2,1-2H3,(H2,13,18);1-3H,4H2,(H,11,13). The van der Waals surface area contributed by atoms with E-state index in [4.69, 9.17) is 69.1 Å². The van der Waals surface area contributed by atoms with Crippen LogP contribution < -0.4 is 51.4 Å². The monoisotopic (exact) mass is 1480 g/mol. The van der Waals surface area contributed by atoms with Gasteiger partial charge in [0.2, 0.25) is 0 Å². The number of hydrogen-bond acceptors (Lipinski definition) is 24. The minimum absolute atomic E-state index is 0.0456. The number of ether oxygens (including phenoxy) is 9. The van der Waals surface area contributed by atoms with E-state index in [1.165, 1.54) is 29.8 Å². The molecule has 30 heteroatoms. The van der Waals surface area contributed by atoms with Crippen LogP contribution in [0, 0.1) is 20.8 Å². The zero-order valence-corrected chi connectivity index (χ0v) is 57.2. The Morgan fingerprint density at radius 2 is 1.01 bits per heavy atom. The van der Waals surface area contributed by atoms with Crippen molar-refractivity contribution in [2.45, 2.75) is 47.8 Å². The Morgan fingerprint density at radius 1 is 0.558 bits per heavy atom. The Morgan fingerprint density at radius 3 is 1.48 bits per heavy atom. The van der Waals surface area contributed by atoms with Crippen molar-refractivity contribution < 1.29 is 75.1 Å². The van der Waals surface area contributed by atoms with Crippen LogP contribution in [-0.2, 0) is 41.8 Å². The van der Waals surface area contributed by atoms with Gasteiger partial charge in [0.1, 0.15) is 69.3 Å². The average molecular weight is 1490 g/mol. The summed E-state index contributed by atoms with van der Waals surface area (Å²) in [6.45, 7) is 10.1. The second-order valence-corrected chi connectivity index (χ2v) is 24.2. The van der Waals surface area contributed by atoms with Crippen LogP contribution >= 0.6 is 66.8 Å². The maximum atomic E-state index is 11.4. The molecule has 0 aliphatic rings. The van der Waals surface area contributed by atoms with Crippen LogP contribution in [0.1, 0.15) is 50.9 Å². The number of nitrogens with two attached hydrogens (primary N) is 1. The third-order valence-corrected chi connectivity index (χ3v) is 16.0. The summed E-state index contributed by atoms with van der Waals surface area (Å²) in [6, 6.07) is 31.7. The maximum Gasteiger partial charge on any atom is 0.417 e. The molecule has 0 unspecified atom stereocenters. The second-order valence-electron chi connectivity index (χ2n) is 19.8. The number of esters is 3. The van der Waals surface area contributed by atoms with E-state index in [9.17, 15) is 33.6 Å². The molecule has 6 aromatic carbocycles. The van der Waals surface area contributed by atoms with Crippen molar-refractivity contribution >= 4 is 129 Å². The fourth-order valence-electron chi connectivity index (χ4n) is 8.43. The number of thiazole rings is 2. The fourth-order valence-corrected chi connectivity index (χ4v) is 11.1. The van der Waals surface area contributed by atoms with E-state index >= 15 is 0 Å². The first-order valence-electron chi connectivity index (χ1n) is 28.5. The van der Waals surface area contributed by atoms with Crippen molar-refractivity contribution in [2.24, 2.45) is 5.73 Å². The highest BCUT2D eigenvalue weighted by atomic mass is 79.9. The van der Waals surface area contributed by atoms with Gasteiger partial charge in [-0.1, -0.05) is 40.3 Å². The molecule has 11 rings (SSSR count). The van der Waals surface area contributed by atoms with Crippen molar-refractivity contribution in [3.05, 3.63) is 182 Å². The molecule has 95 heavy (non-hydrogen) atoms. The van der Waals surface area contributed by atoms with Gasteiger partial charge >= 0.3 is 35.2 Å². The molecule has 25 nitrogen and oxygen atoms in total. The number of Topliss-reactive ketones (excluding diaryl/α,β-unsaturated/α-hetero) is 1. The molecule has 0 saturated carbocycles. The van der Waals surface area contributed by atoms with E-state index in [1.807, 2.05) is 50.4 Å². The van der Waals surface area contributed by atoms with E-state index in [0.717, 1.165) is 53.0 Å². The topological polar surface area (TPSA) is 341 Å². The molecule has 496 valence electrons. The van der Waals surface area contributed by atoms with Crippen molar-refractivity contribution in [2.75, 3.05) is 52.1 Å². The number of hydrogen-bond donors (Lipinski definition) is 4. The van der Waals surface area contributed by atoms with Crippen molar-refractivity contribution in [1.82, 2.24) is 24.9 Å². The molecule has 0 saturated heterocycles. The minimum atomic E-state index is -0.511. The Kier molecular flexibility index (Phi) is 25.6. The number of aromatic nitrogens is 5. The van der Waals surface area contributed by atoms with E-state index in [-0.39, 0.29) is 44.1 Å². The van der Waals surface area contributed by atoms with Gasteiger partial charge in [0.15, 0.2) is 42.4 Å². The predicted octanol–water partition coefficient (Wildman–Crippen LogP) is 11.8. The Hall–Kier alpha value is -9.88. The number of thiocarbonyl (C=S) groups is 1. The zero-order valence-electron chi connectivity index (χ0n) is 51.5. The number of nitrogens with one attached hydrogen (secondary N) is 3. The molecule has 5 N–H and O–H groups in total. The SMILES string of the molecule is CCOC(=O)COc1ccc(OCc2nc(-c3ccc4[nH]c(=O)oc4c3)c(Br)s2)cc1C.CCOC(=O)COc1ccc(OCc2nc(-c3ccc4[nH]c(=O)oc4c3)cs2)cc1C.COC(=O)COc1ccc(OCC(N)=S)cc1C.O=C(CBr)c1ccc2[nH]c(=O)oc2c1. The van der Waals surface area contributed by atoms with Gasteiger partial charge in [-0.15, -0.1) is 22.7 Å². The third kappa shape index (κ3) is 20.8. The zero-order chi connectivity index (χ0) is 68.1. The Bertz CT molecular complexity index is 4700. The molecular formula is C65H60Br2N6O19S3. The number of halogens is 2. The van der Waals surface area contributed by atoms with Crippen molar-refractivity contribution in [3.63, 3.8) is 0 Å². The van der Waals surface area contributed by atoms with Crippen LogP contribution in [0.4, 0.5) is 0 Å². The number of carbonyl (C=O) groups excluding carboxylic acids is 4. The molecule has 0 aliphatic carbocycles. The van der Waals surface area contributed by atoms with Gasteiger partial charge < -0.3 is 61.6 Å². The lowest BCUT2D eigenvalue weighted by molar-refractivity contribution is -0.146. The summed E-state index contributed by atoms with van der Waals surface area (Å²) in [6.07, 6.45) is 0. The van der Waals surface area contributed by atoms with E-state index in [0.29, 0.717) is 98.2 Å². The van der Waals surface area contributed by atoms with Gasteiger partial charge in [-0.3, -0.25) is 19.7 Å². The lowest BCUT2D eigenvalue weighted by Crippen LogP contribution is -2.17. The Balaban J connectivity index is 0.000000171. The van der Waals surface area contributed by atoms with E-state index in [2.05, 4.69) is 61.5 Å². The summed E-state index contributed by atoms with van der Waals surface area (Å²) in [4.78, 5) is 95.9. The van der Waals surface area contributed by atoms with Crippen LogP contribution in [0.2, 0.25) is 0 Å². The summed E-state index contributed by atoms with van der Waals surface area (Å²) in [5.41, 5.74) is 14.9. The first-order valence-corrected chi connectivity index (χ1v) is 32.5. The predicted molar refractivity (Wildman–Crippen MR) is 365 cm³/mol.